The lowest BCUT2D eigenvalue weighted by Gasteiger charge is -2.09. The number of aliphatic carboxylic acids is 1. The van der Waals surface area contributed by atoms with Crippen LogP contribution in [-0.4, -0.2) is 32.4 Å². The number of benzene rings is 1. The summed E-state index contributed by atoms with van der Waals surface area (Å²) < 4.78 is 30.3. The molecule has 18 heavy (non-hydrogen) atoms. The highest BCUT2D eigenvalue weighted by Crippen LogP contribution is 2.27. The van der Waals surface area contributed by atoms with Gasteiger partial charge in [0.2, 0.25) is 10.0 Å². The predicted molar refractivity (Wildman–Crippen MR) is 67.7 cm³/mol. The van der Waals surface area contributed by atoms with Gasteiger partial charge in [-0.2, -0.15) is 0 Å². The first-order valence-corrected chi connectivity index (χ1v) is 6.93. The molecule has 0 heterocycles. The molecule has 0 fully saturated rings. The molecule has 0 aromatic heterocycles. The molecule has 0 aliphatic rings. The molecule has 0 amide bonds. The van der Waals surface area contributed by atoms with Crippen molar-refractivity contribution in [2.24, 2.45) is 0 Å². The minimum absolute atomic E-state index is 0.265. The van der Waals surface area contributed by atoms with Gasteiger partial charge in [-0.1, -0.05) is 11.6 Å². The average Bonchev–Trinajstić information content (AvgIpc) is 2.29. The summed E-state index contributed by atoms with van der Waals surface area (Å²) in [6, 6.07) is 4.36. The van der Waals surface area contributed by atoms with E-state index in [4.69, 9.17) is 21.4 Å². The van der Waals surface area contributed by atoms with Crippen LogP contribution in [0.25, 0.3) is 0 Å². The van der Waals surface area contributed by atoms with E-state index in [0.717, 1.165) is 0 Å². The van der Waals surface area contributed by atoms with Crippen LogP contribution in [0.5, 0.6) is 5.75 Å². The van der Waals surface area contributed by atoms with Crippen LogP contribution in [0.1, 0.15) is 6.42 Å². The third-order valence-corrected chi connectivity index (χ3v) is 3.61. The average molecular weight is 294 g/mol. The minimum atomic E-state index is -3.70. The molecule has 100 valence electrons. The van der Waals surface area contributed by atoms with Gasteiger partial charge in [0.1, 0.15) is 5.75 Å². The summed E-state index contributed by atoms with van der Waals surface area (Å²) in [6.07, 6.45) is -0.458. The van der Waals surface area contributed by atoms with Crippen molar-refractivity contribution in [3.8, 4) is 5.75 Å². The summed E-state index contributed by atoms with van der Waals surface area (Å²) >= 11 is 5.79. The second kappa shape index (κ2) is 5.92. The molecular formula is C10H12ClNO5S. The van der Waals surface area contributed by atoms with Gasteiger partial charge < -0.3 is 9.84 Å². The van der Waals surface area contributed by atoms with Crippen molar-refractivity contribution < 1.29 is 23.1 Å². The molecule has 0 saturated heterocycles. The zero-order chi connectivity index (χ0) is 13.8. The van der Waals surface area contributed by atoms with Gasteiger partial charge in [0.25, 0.3) is 0 Å². The summed E-state index contributed by atoms with van der Waals surface area (Å²) in [5.74, 6) is -1.34. The van der Waals surface area contributed by atoms with E-state index in [0.29, 0.717) is 10.8 Å². The first kappa shape index (κ1) is 14.6. The van der Waals surface area contributed by atoms with Crippen molar-refractivity contribution in [3.63, 3.8) is 0 Å². The maximum atomic E-state index is 11.5. The van der Waals surface area contributed by atoms with Crippen LogP contribution >= 0.6 is 11.6 Å². The van der Waals surface area contributed by atoms with Crippen LogP contribution in [0.3, 0.4) is 0 Å². The Bertz CT molecular complexity index is 543. The maximum Gasteiger partial charge on any atom is 0.304 e. The molecule has 1 aromatic carbocycles. The van der Waals surface area contributed by atoms with Gasteiger partial charge in [0, 0.05) is 6.07 Å². The van der Waals surface area contributed by atoms with Crippen LogP contribution in [0.4, 0.5) is 5.69 Å². The zero-order valence-electron chi connectivity index (χ0n) is 9.51. The smallest absolute Gasteiger partial charge is 0.304 e. The van der Waals surface area contributed by atoms with Crippen LogP contribution in [0.2, 0.25) is 5.02 Å². The van der Waals surface area contributed by atoms with Crippen molar-refractivity contribution in [1.82, 2.24) is 0 Å². The van der Waals surface area contributed by atoms with Gasteiger partial charge in [-0.3, -0.25) is 9.52 Å². The SMILES string of the molecule is COc1cc(NS(=O)(=O)CCC(=O)O)ccc1Cl. The fourth-order valence-electron chi connectivity index (χ4n) is 1.18. The molecule has 8 heteroatoms. The maximum absolute atomic E-state index is 11.5. The number of ether oxygens (including phenoxy) is 1. The standard InChI is InChI=1S/C10H12ClNO5S/c1-17-9-6-7(2-3-8(9)11)12-18(15,16)5-4-10(13)14/h2-3,6,12H,4-5H2,1H3,(H,13,14). The molecule has 0 saturated carbocycles. The number of hydrogen-bond donors (Lipinski definition) is 2. The van der Waals surface area contributed by atoms with Crippen molar-refractivity contribution in [2.75, 3.05) is 17.6 Å². The van der Waals surface area contributed by atoms with Crippen LogP contribution < -0.4 is 9.46 Å². The Hall–Kier alpha value is -1.47. The monoisotopic (exact) mass is 293 g/mol. The van der Waals surface area contributed by atoms with Crippen LogP contribution in [0.15, 0.2) is 18.2 Å². The number of carboxylic acid groups (broad SMARTS) is 1. The number of carboxylic acids is 1. The number of halogens is 1. The lowest BCUT2D eigenvalue weighted by Crippen LogP contribution is -2.18. The molecule has 1 aromatic rings. The Labute approximate surface area is 110 Å². The molecule has 0 aliphatic heterocycles. The van der Waals surface area contributed by atoms with Crippen molar-refractivity contribution >= 4 is 33.3 Å². The Morgan fingerprint density at radius 1 is 1.50 bits per heavy atom. The van der Waals surface area contributed by atoms with Gasteiger partial charge in [-0.15, -0.1) is 0 Å². The number of rotatable bonds is 6. The predicted octanol–water partition coefficient (Wildman–Crippen LogP) is 1.56. The number of carbonyl (C=O) groups is 1. The highest BCUT2D eigenvalue weighted by atomic mass is 35.5. The van der Waals surface area contributed by atoms with E-state index < -0.39 is 28.2 Å². The van der Waals surface area contributed by atoms with Gasteiger partial charge in [0.05, 0.1) is 30.0 Å². The summed E-state index contributed by atoms with van der Waals surface area (Å²) in [7, 11) is -2.29. The highest BCUT2D eigenvalue weighted by Gasteiger charge is 2.13. The molecule has 0 atom stereocenters. The number of methoxy groups -OCH3 is 1. The largest absolute Gasteiger partial charge is 0.495 e. The number of anilines is 1. The molecule has 2 N–H and O–H groups in total. The fourth-order valence-corrected chi connectivity index (χ4v) is 2.40. The van der Waals surface area contributed by atoms with Crippen LogP contribution in [0, 0.1) is 0 Å². The molecule has 1 rings (SSSR count). The number of hydrogen-bond acceptors (Lipinski definition) is 4. The van der Waals surface area contributed by atoms with E-state index in [1.807, 2.05) is 0 Å². The molecule has 6 nitrogen and oxygen atoms in total. The van der Waals surface area contributed by atoms with E-state index in [1.54, 1.807) is 0 Å². The molecule has 0 radical (unpaired) electrons. The Kier molecular flexibility index (Phi) is 4.80. The van der Waals surface area contributed by atoms with E-state index in [1.165, 1.54) is 25.3 Å². The normalized spacial score (nSPS) is 11.0. The van der Waals surface area contributed by atoms with E-state index in [2.05, 4.69) is 4.72 Å². The molecule has 0 unspecified atom stereocenters. The quantitative estimate of drug-likeness (QED) is 0.830. The van der Waals surface area contributed by atoms with Crippen molar-refractivity contribution in [3.05, 3.63) is 23.2 Å². The first-order chi connectivity index (χ1) is 8.34. The molecular weight excluding hydrogens is 282 g/mol. The topological polar surface area (TPSA) is 92.7 Å². The Morgan fingerprint density at radius 3 is 2.72 bits per heavy atom. The lowest BCUT2D eigenvalue weighted by atomic mass is 10.3. The summed E-state index contributed by atoms with van der Waals surface area (Å²) in [5.41, 5.74) is 0.265. The second-order valence-electron chi connectivity index (χ2n) is 3.41. The fraction of sp³-hybridized carbons (Fsp3) is 0.300. The van der Waals surface area contributed by atoms with E-state index in [9.17, 15) is 13.2 Å². The van der Waals surface area contributed by atoms with Crippen LogP contribution in [-0.2, 0) is 14.8 Å². The van der Waals surface area contributed by atoms with Gasteiger partial charge in [-0.25, -0.2) is 8.42 Å². The molecule has 0 bridgehead atoms. The van der Waals surface area contributed by atoms with Gasteiger partial charge in [-0.05, 0) is 12.1 Å². The summed E-state index contributed by atoms with van der Waals surface area (Å²) in [4.78, 5) is 10.3. The number of sulfonamides is 1. The molecule has 0 spiro atoms. The summed E-state index contributed by atoms with van der Waals surface area (Å²) in [6.45, 7) is 0. The highest BCUT2D eigenvalue weighted by molar-refractivity contribution is 7.92. The first-order valence-electron chi connectivity index (χ1n) is 4.90. The Morgan fingerprint density at radius 2 is 2.17 bits per heavy atom. The minimum Gasteiger partial charge on any atom is -0.495 e. The zero-order valence-corrected chi connectivity index (χ0v) is 11.1. The molecule has 0 aliphatic carbocycles. The van der Waals surface area contributed by atoms with Crippen molar-refractivity contribution in [2.45, 2.75) is 6.42 Å². The van der Waals surface area contributed by atoms with E-state index in [-0.39, 0.29) is 5.69 Å². The Balaban J connectivity index is 2.81. The third-order valence-electron chi connectivity index (χ3n) is 2.01. The van der Waals surface area contributed by atoms with E-state index >= 15 is 0 Å². The third kappa shape index (κ3) is 4.42. The van der Waals surface area contributed by atoms with Crippen molar-refractivity contribution in [1.29, 1.82) is 0 Å². The number of nitrogens with one attached hydrogen (secondary N) is 1. The lowest BCUT2D eigenvalue weighted by molar-refractivity contribution is -0.136. The second-order valence-corrected chi connectivity index (χ2v) is 5.66. The summed E-state index contributed by atoms with van der Waals surface area (Å²) in [5, 5.41) is 8.78. The van der Waals surface area contributed by atoms with Gasteiger partial charge in [0.15, 0.2) is 0 Å². The van der Waals surface area contributed by atoms with Gasteiger partial charge >= 0.3 is 5.97 Å².